The van der Waals surface area contributed by atoms with Crippen molar-refractivity contribution in [3.8, 4) is 5.75 Å². The molecule has 5 nitrogen and oxygen atoms in total. The van der Waals surface area contributed by atoms with Crippen LogP contribution in [0.3, 0.4) is 0 Å². The van der Waals surface area contributed by atoms with Gasteiger partial charge in [-0.2, -0.15) is 0 Å². The fourth-order valence-corrected chi connectivity index (χ4v) is 3.12. The van der Waals surface area contributed by atoms with E-state index >= 15 is 0 Å². The first-order chi connectivity index (χ1) is 11.0. The summed E-state index contributed by atoms with van der Waals surface area (Å²) in [5, 5.41) is 12.5. The van der Waals surface area contributed by atoms with E-state index in [0.717, 1.165) is 16.2 Å². The number of nitrogens with zero attached hydrogens (tertiary/aromatic N) is 1. The fraction of sp³-hybridized carbons (Fsp3) is 0.353. The quantitative estimate of drug-likeness (QED) is 0.854. The van der Waals surface area contributed by atoms with Crippen molar-refractivity contribution in [2.45, 2.75) is 19.5 Å². The molecule has 0 bridgehead atoms. The number of carbonyl (C=O) groups excluding carboxylic acids is 1. The molecule has 0 spiro atoms. The van der Waals surface area contributed by atoms with Gasteiger partial charge in [-0.1, -0.05) is 12.1 Å². The van der Waals surface area contributed by atoms with Gasteiger partial charge in [0.2, 0.25) is 0 Å². The Morgan fingerprint density at radius 2 is 2.00 bits per heavy atom. The number of ether oxygens (including phenoxy) is 1. The Hall–Kier alpha value is -2.05. The minimum absolute atomic E-state index is 0.144. The lowest BCUT2D eigenvalue weighted by atomic mass is 10.1. The lowest BCUT2D eigenvalue weighted by molar-refractivity contribution is 0.149. The maximum Gasteiger partial charge on any atom is 0.318 e. The summed E-state index contributed by atoms with van der Waals surface area (Å²) in [5.41, 5.74) is 0.859. The van der Waals surface area contributed by atoms with Gasteiger partial charge in [0.1, 0.15) is 5.75 Å². The molecule has 2 N–H and O–H groups in total. The second-order valence-electron chi connectivity index (χ2n) is 5.25. The third-order valence-corrected chi connectivity index (χ3v) is 4.67. The average molecular weight is 334 g/mol. The summed E-state index contributed by atoms with van der Waals surface area (Å²) in [6.45, 7) is 2.38. The number of likely N-dealkylation sites (N-methyl/N-ethyl adjacent to an activating group) is 1. The van der Waals surface area contributed by atoms with Crippen LogP contribution in [0.15, 0.2) is 36.4 Å². The Labute approximate surface area is 140 Å². The van der Waals surface area contributed by atoms with E-state index in [1.54, 1.807) is 25.5 Å². The zero-order valence-electron chi connectivity index (χ0n) is 13.6. The van der Waals surface area contributed by atoms with Crippen molar-refractivity contribution in [2.24, 2.45) is 0 Å². The van der Waals surface area contributed by atoms with Crippen LogP contribution in [0, 0.1) is 6.92 Å². The molecule has 2 amide bonds. The third kappa shape index (κ3) is 4.46. The fourth-order valence-electron chi connectivity index (χ4n) is 2.29. The van der Waals surface area contributed by atoms with Crippen molar-refractivity contribution in [2.75, 3.05) is 20.8 Å². The van der Waals surface area contributed by atoms with Gasteiger partial charge >= 0.3 is 6.03 Å². The van der Waals surface area contributed by atoms with E-state index in [1.165, 1.54) is 9.78 Å². The zero-order valence-corrected chi connectivity index (χ0v) is 14.4. The van der Waals surface area contributed by atoms with Crippen LogP contribution in [-0.4, -0.2) is 36.8 Å². The standard InChI is InChI=1S/C17H22N2O3S/c1-12-4-9-15(23-12)10-18-17(21)19(2)16(11-20)13-5-7-14(22-3)8-6-13/h4-9,16,20H,10-11H2,1-3H3,(H,18,21)/t16-/m0/s1. The molecule has 0 aliphatic heterocycles. The second kappa shape index (κ2) is 7.99. The Morgan fingerprint density at radius 1 is 1.30 bits per heavy atom. The normalized spacial score (nSPS) is 11.8. The van der Waals surface area contributed by atoms with Crippen molar-refractivity contribution >= 4 is 17.4 Å². The molecule has 1 aromatic heterocycles. The van der Waals surface area contributed by atoms with Crippen LogP contribution in [-0.2, 0) is 6.54 Å². The highest BCUT2D eigenvalue weighted by Gasteiger charge is 2.21. The number of benzene rings is 1. The van der Waals surface area contributed by atoms with Gasteiger partial charge < -0.3 is 20.1 Å². The molecule has 23 heavy (non-hydrogen) atoms. The lowest BCUT2D eigenvalue weighted by Crippen LogP contribution is -2.40. The third-order valence-electron chi connectivity index (χ3n) is 3.67. The molecule has 1 aromatic carbocycles. The van der Waals surface area contributed by atoms with Crippen molar-refractivity contribution in [3.05, 3.63) is 51.7 Å². The summed E-state index contributed by atoms with van der Waals surface area (Å²) in [4.78, 5) is 16.1. The van der Waals surface area contributed by atoms with Crippen molar-refractivity contribution in [1.29, 1.82) is 0 Å². The SMILES string of the molecule is COc1ccc([C@H](CO)N(C)C(=O)NCc2ccc(C)s2)cc1. The number of methoxy groups -OCH3 is 1. The largest absolute Gasteiger partial charge is 0.497 e. The van der Waals surface area contributed by atoms with Gasteiger partial charge in [0.15, 0.2) is 0 Å². The number of carbonyl (C=O) groups is 1. The van der Waals surface area contributed by atoms with Gasteiger partial charge in [-0.05, 0) is 36.8 Å². The molecule has 0 unspecified atom stereocenters. The van der Waals surface area contributed by atoms with Gasteiger partial charge in [0.05, 0.1) is 26.3 Å². The van der Waals surface area contributed by atoms with Gasteiger partial charge in [-0.15, -0.1) is 11.3 Å². The predicted molar refractivity (Wildman–Crippen MR) is 91.9 cm³/mol. The summed E-state index contributed by atoms with van der Waals surface area (Å²) in [6, 6.07) is 10.8. The van der Waals surface area contributed by atoms with Gasteiger partial charge in [0.25, 0.3) is 0 Å². The maximum atomic E-state index is 12.3. The number of nitrogens with one attached hydrogen (secondary N) is 1. The topological polar surface area (TPSA) is 61.8 Å². The van der Waals surface area contributed by atoms with Crippen LogP contribution < -0.4 is 10.1 Å². The average Bonchev–Trinajstić information content (AvgIpc) is 2.99. The number of urea groups is 1. The first-order valence-corrected chi connectivity index (χ1v) is 8.17. The summed E-state index contributed by atoms with van der Waals surface area (Å²) in [7, 11) is 3.28. The summed E-state index contributed by atoms with van der Waals surface area (Å²) < 4.78 is 5.13. The van der Waals surface area contributed by atoms with Crippen LogP contribution >= 0.6 is 11.3 Å². The molecule has 0 radical (unpaired) electrons. The minimum atomic E-state index is -0.397. The number of amides is 2. The molecule has 2 rings (SSSR count). The van der Waals surface area contributed by atoms with Crippen molar-refractivity contribution < 1.29 is 14.6 Å². The van der Waals surface area contributed by atoms with Crippen LogP contribution in [0.4, 0.5) is 4.79 Å². The number of aliphatic hydroxyl groups excluding tert-OH is 1. The summed E-state index contributed by atoms with van der Waals surface area (Å²) in [5.74, 6) is 0.741. The van der Waals surface area contributed by atoms with Crippen LogP contribution in [0.2, 0.25) is 0 Å². The molecule has 1 atom stereocenters. The maximum absolute atomic E-state index is 12.3. The molecular weight excluding hydrogens is 312 g/mol. The van der Waals surface area contributed by atoms with E-state index in [0.29, 0.717) is 6.54 Å². The van der Waals surface area contributed by atoms with E-state index in [-0.39, 0.29) is 12.6 Å². The predicted octanol–water partition coefficient (Wildman–Crippen LogP) is 2.94. The molecular formula is C17H22N2O3S. The van der Waals surface area contributed by atoms with Crippen LogP contribution in [0.5, 0.6) is 5.75 Å². The number of hydrogen-bond acceptors (Lipinski definition) is 4. The molecule has 0 aliphatic carbocycles. The number of rotatable bonds is 6. The van der Waals surface area contributed by atoms with Crippen molar-refractivity contribution in [3.63, 3.8) is 0 Å². The molecule has 124 valence electrons. The smallest absolute Gasteiger partial charge is 0.318 e. The monoisotopic (exact) mass is 334 g/mol. The molecule has 0 fully saturated rings. The molecule has 2 aromatic rings. The van der Waals surface area contributed by atoms with Crippen LogP contribution in [0.1, 0.15) is 21.4 Å². The first kappa shape index (κ1) is 17.3. The van der Waals surface area contributed by atoms with Crippen molar-refractivity contribution in [1.82, 2.24) is 10.2 Å². The highest BCUT2D eigenvalue weighted by atomic mass is 32.1. The molecule has 0 saturated carbocycles. The van der Waals surface area contributed by atoms with E-state index in [1.807, 2.05) is 43.3 Å². The van der Waals surface area contributed by atoms with Gasteiger partial charge in [0, 0.05) is 16.8 Å². The Morgan fingerprint density at radius 3 is 2.52 bits per heavy atom. The Kier molecular flexibility index (Phi) is 6.01. The highest BCUT2D eigenvalue weighted by molar-refractivity contribution is 7.11. The van der Waals surface area contributed by atoms with Gasteiger partial charge in [-0.3, -0.25) is 0 Å². The van der Waals surface area contributed by atoms with E-state index < -0.39 is 6.04 Å². The second-order valence-corrected chi connectivity index (χ2v) is 6.63. The first-order valence-electron chi connectivity index (χ1n) is 7.36. The number of hydrogen-bond donors (Lipinski definition) is 2. The number of aryl methyl sites for hydroxylation is 1. The molecule has 6 heteroatoms. The lowest BCUT2D eigenvalue weighted by Gasteiger charge is -2.27. The van der Waals surface area contributed by atoms with Crippen LogP contribution in [0.25, 0.3) is 0 Å². The zero-order chi connectivity index (χ0) is 16.8. The molecule has 1 heterocycles. The summed E-state index contributed by atoms with van der Waals surface area (Å²) in [6.07, 6.45) is 0. The Balaban J connectivity index is 1.99. The Bertz CT molecular complexity index is 640. The van der Waals surface area contributed by atoms with E-state index in [2.05, 4.69) is 5.32 Å². The minimum Gasteiger partial charge on any atom is -0.497 e. The highest BCUT2D eigenvalue weighted by Crippen LogP contribution is 2.22. The van der Waals surface area contributed by atoms with E-state index in [9.17, 15) is 9.90 Å². The number of aliphatic hydroxyl groups is 1. The van der Waals surface area contributed by atoms with Gasteiger partial charge in [-0.25, -0.2) is 4.79 Å². The molecule has 0 aliphatic rings. The summed E-state index contributed by atoms with van der Waals surface area (Å²) >= 11 is 1.66. The van der Waals surface area contributed by atoms with E-state index in [4.69, 9.17) is 4.74 Å². The molecule has 0 saturated heterocycles. The number of thiophene rings is 1.